The van der Waals surface area contributed by atoms with Gasteiger partial charge in [0.05, 0.1) is 37.1 Å². The second kappa shape index (κ2) is 6.98. The molecule has 7 nitrogen and oxygen atoms in total. The molecule has 23 heavy (non-hydrogen) atoms. The summed E-state index contributed by atoms with van der Waals surface area (Å²) >= 11 is 0. The van der Waals surface area contributed by atoms with Gasteiger partial charge in [0.15, 0.2) is 0 Å². The molecule has 0 spiro atoms. The van der Waals surface area contributed by atoms with Gasteiger partial charge in [-0.3, -0.25) is 14.4 Å². The Morgan fingerprint density at radius 1 is 1.26 bits per heavy atom. The van der Waals surface area contributed by atoms with Crippen LogP contribution in [0.4, 0.5) is 0 Å². The first-order valence-corrected chi connectivity index (χ1v) is 8.46. The molecule has 1 saturated heterocycles. The van der Waals surface area contributed by atoms with Gasteiger partial charge in [0.2, 0.25) is 5.91 Å². The monoisotopic (exact) mass is 321 g/mol. The molecule has 0 aliphatic carbocycles. The van der Waals surface area contributed by atoms with Crippen molar-refractivity contribution in [1.29, 1.82) is 0 Å². The van der Waals surface area contributed by atoms with Crippen LogP contribution in [0.1, 0.15) is 30.8 Å². The lowest BCUT2D eigenvalue weighted by atomic mass is 10.2. The number of likely N-dealkylation sites (N-methyl/N-ethyl adjacent to an activating group) is 1. The van der Waals surface area contributed by atoms with E-state index in [1.807, 2.05) is 15.6 Å². The zero-order chi connectivity index (χ0) is 16.4. The molecule has 3 heterocycles. The number of hydrogen-bond acceptors (Lipinski definition) is 5. The molecule has 1 amide bonds. The minimum atomic E-state index is -0.564. The maximum atomic E-state index is 12.6. The predicted molar refractivity (Wildman–Crippen MR) is 86.8 cm³/mol. The summed E-state index contributed by atoms with van der Waals surface area (Å²) in [6, 6.07) is 1.91. The molecule has 0 saturated carbocycles. The van der Waals surface area contributed by atoms with E-state index in [2.05, 4.69) is 21.9 Å². The zero-order valence-electron chi connectivity index (χ0n) is 14.1. The molecule has 0 bridgehead atoms. The van der Waals surface area contributed by atoms with Crippen LogP contribution >= 0.6 is 0 Å². The lowest BCUT2D eigenvalue weighted by molar-refractivity contribution is -0.133. The molecule has 3 rings (SSSR count). The highest BCUT2D eigenvalue weighted by molar-refractivity contribution is 5.78. The second-order valence-electron chi connectivity index (χ2n) is 6.71. The Kier molecular flexibility index (Phi) is 4.99. The molecule has 1 N–H and O–H groups in total. The smallest absolute Gasteiger partial charge is 0.237 e. The molecule has 0 aromatic carbocycles. The van der Waals surface area contributed by atoms with Gasteiger partial charge in [0, 0.05) is 19.6 Å². The molecule has 1 aromatic heterocycles. The van der Waals surface area contributed by atoms with Crippen molar-refractivity contribution in [2.75, 3.05) is 46.3 Å². The highest BCUT2D eigenvalue weighted by Gasteiger charge is 2.25. The largest absolute Gasteiger partial charge is 0.387 e. The van der Waals surface area contributed by atoms with Crippen LogP contribution in [0.15, 0.2) is 6.07 Å². The first-order valence-electron chi connectivity index (χ1n) is 8.46. The van der Waals surface area contributed by atoms with Crippen molar-refractivity contribution in [1.82, 2.24) is 24.5 Å². The number of hydrogen-bond donors (Lipinski definition) is 1. The number of carbonyl (C=O) groups excluding carboxylic acids is 1. The van der Waals surface area contributed by atoms with E-state index in [4.69, 9.17) is 0 Å². The SMILES string of the molecule is C[C@H](O)c1cc2n(n1)CCN(C(=O)CN1CCCN(C)CC1)C2. The number of fused-ring (bicyclic) bond motifs is 1. The first kappa shape index (κ1) is 16.4. The van der Waals surface area contributed by atoms with Crippen LogP contribution < -0.4 is 0 Å². The third kappa shape index (κ3) is 3.91. The second-order valence-corrected chi connectivity index (χ2v) is 6.71. The third-order valence-corrected chi connectivity index (χ3v) is 4.77. The highest BCUT2D eigenvalue weighted by atomic mass is 16.3. The van der Waals surface area contributed by atoms with Gasteiger partial charge in [-0.1, -0.05) is 0 Å². The Labute approximate surface area is 137 Å². The molecule has 0 unspecified atom stereocenters. The van der Waals surface area contributed by atoms with E-state index in [0.29, 0.717) is 31.9 Å². The fraction of sp³-hybridized carbons (Fsp3) is 0.750. The number of carbonyl (C=O) groups is 1. The van der Waals surface area contributed by atoms with Crippen molar-refractivity contribution >= 4 is 5.91 Å². The standard InChI is InChI=1S/C16H27N5O2/c1-13(22)15-10-14-11-20(8-9-21(14)17-15)16(23)12-19-5-3-4-18(2)6-7-19/h10,13,22H,3-9,11-12H2,1-2H3/t13-/m0/s1. The van der Waals surface area contributed by atoms with E-state index in [0.717, 1.165) is 38.3 Å². The lowest BCUT2D eigenvalue weighted by Crippen LogP contribution is -2.44. The summed E-state index contributed by atoms with van der Waals surface area (Å²) in [5.41, 5.74) is 1.70. The Morgan fingerprint density at radius 2 is 2.09 bits per heavy atom. The average molecular weight is 321 g/mol. The molecule has 128 valence electrons. The maximum Gasteiger partial charge on any atom is 0.237 e. The van der Waals surface area contributed by atoms with Gasteiger partial charge >= 0.3 is 0 Å². The van der Waals surface area contributed by atoms with Crippen LogP contribution in [-0.4, -0.2) is 81.8 Å². The van der Waals surface area contributed by atoms with Gasteiger partial charge in [-0.05, 0) is 39.5 Å². The van der Waals surface area contributed by atoms with E-state index >= 15 is 0 Å². The number of nitrogens with zero attached hydrogens (tertiary/aromatic N) is 5. The Morgan fingerprint density at radius 3 is 2.87 bits per heavy atom. The van der Waals surface area contributed by atoms with E-state index in [-0.39, 0.29) is 5.91 Å². The van der Waals surface area contributed by atoms with Gasteiger partial charge in [-0.2, -0.15) is 5.10 Å². The zero-order valence-corrected chi connectivity index (χ0v) is 14.1. The van der Waals surface area contributed by atoms with Gasteiger partial charge in [0.1, 0.15) is 0 Å². The number of aliphatic hydroxyl groups excluding tert-OH is 1. The molecular weight excluding hydrogens is 294 g/mol. The van der Waals surface area contributed by atoms with Gasteiger partial charge < -0.3 is 14.9 Å². The molecule has 1 fully saturated rings. The van der Waals surface area contributed by atoms with Gasteiger partial charge in [0.25, 0.3) is 0 Å². The number of aliphatic hydroxyl groups is 1. The quantitative estimate of drug-likeness (QED) is 0.843. The number of amides is 1. The Hall–Kier alpha value is -1.44. The number of rotatable bonds is 3. The van der Waals surface area contributed by atoms with Crippen molar-refractivity contribution in [2.24, 2.45) is 0 Å². The van der Waals surface area contributed by atoms with E-state index in [1.165, 1.54) is 0 Å². The molecular formula is C16H27N5O2. The molecule has 7 heteroatoms. The molecule has 0 radical (unpaired) electrons. The van der Waals surface area contributed by atoms with Gasteiger partial charge in [-0.25, -0.2) is 0 Å². The highest BCUT2D eigenvalue weighted by Crippen LogP contribution is 2.18. The topological polar surface area (TPSA) is 64.8 Å². The summed E-state index contributed by atoms with van der Waals surface area (Å²) in [6.45, 7) is 8.30. The minimum absolute atomic E-state index is 0.195. The van der Waals surface area contributed by atoms with Crippen LogP contribution in [0.2, 0.25) is 0 Å². The van der Waals surface area contributed by atoms with Crippen LogP contribution in [0, 0.1) is 0 Å². The number of aromatic nitrogens is 2. The Balaban J connectivity index is 1.58. The summed E-state index contributed by atoms with van der Waals surface area (Å²) in [5, 5.41) is 14.0. The van der Waals surface area contributed by atoms with Crippen molar-refractivity contribution in [3.8, 4) is 0 Å². The molecule has 1 atom stereocenters. The van der Waals surface area contributed by atoms with Crippen molar-refractivity contribution in [2.45, 2.75) is 32.5 Å². The van der Waals surface area contributed by atoms with E-state index < -0.39 is 6.10 Å². The molecule has 1 aromatic rings. The summed E-state index contributed by atoms with van der Waals surface area (Å²) in [7, 11) is 2.14. The average Bonchev–Trinajstić information content (AvgIpc) is 2.85. The van der Waals surface area contributed by atoms with Crippen molar-refractivity contribution in [3.63, 3.8) is 0 Å². The lowest BCUT2D eigenvalue weighted by Gasteiger charge is -2.30. The van der Waals surface area contributed by atoms with Crippen LogP contribution in [0.25, 0.3) is 0 Å². The Bertz CT molecular complexity index is 557. The minimum Gasteiger partial charge on any atom is -0.387 e. The summed E-state index contributed by atoms with van der Waals surface area (Å²) in [5.74, 6) is 0.195. The normalized spacial score (nSPS) is 21.8. The van der Waals surface area contributed by atoms with E-state index in [9.17, 15) is 9.90 Å². The van der Waals surface area contributed by atoms with E-state index in [1.54, 1.807) is 6.92 Å². The maximum absolute atomic E-state index is 12.6. The van der Waals surface area contributed by atoms with Gasteiger partial charge in [-0.15, -0.1) is 0 Å². The fourth-order valence-electron chi connectivity index (χ4n) is 3.26. The first-order chi connectivity index (χ1) is 11.0. The van der Waals surface area contributed by atoms with Crippen LogP contribution in [0.3, 0.4) is 0 Å². The van der Waals surface area contributed by atoms with Crippen molar-refractivity contribution < 1.29 is 9.90 Å². The summed E-state index contributed by atoms with van der Waals surface area (Å²) < 4.78 is 1.91. The van der Waals surface area contributed by atoms with Crippen molar-refractivity contribution in [3.05, 3.63) is 17.5 Å². The van der Waals surface area contributed by atoms with Crippen LogP contribution in [-0.2, 0) is 17.9 Å². The molecule has 2 aliphatic rings. The third-order valence-electron chi connectivity index (χ3n) is 4.77. The predicted octanol–water partition coefficient (Wildman–Crippen LogP) is -0.0839. The summed E-state index contributed by atoms with van der Waals surface area (Å²) in [4.78, 5) is 19.1. The fourth-order valence-corrected chi connectivity index (χ4v) is 3.26. The summed E-state index contributed by atoms with van der Waals surface area (Å²) in [6.07, 6.45) is 0.556. The molecule has 2 aliphatic heterocycles. The van der Waals surface area contributed by atoms with Crippen LogP contribution in [0.5, 0.6) is 0 Å².